The van der Waals surface area contributed by atoms with Crippen LogP contribution in [0.3, 0.4) is 0 Å². The molecule has 8 nitrogen and oxygen atoms in total. The van der Waals surface area contributed by atoms with E-state index in [1.54, 1.807) is 40.7 Å². The molecule has 29 heavy (non-hydrogen) atoms. The largest absolute Gasteiger partial charge is 0.353 e. The molecule has 2 heterocycles. The summed E-state index contributed by atoms with van der Waals surface area (Å²) in [6, 6.07) is 11.0. The molecule has 3 rings (SSSR count). The highest BCUT2D eigenvalue weighted by Gasteiger charge is 2.20. The van der Waals surface area contributed by atoms with E-state index >= 15 is 0 Å². The van der Waals surface area contributed by atoms with Crippen LogP contribution in [-0.4, -0.2) is 44.2 Å². The highest BCUT2D eigenvalue weighted by molar-refractivity contribution is 7.97. The Labute approximate surface area is 173 Å². The number of carbonyl (C=O) groups is 2. The summed E-state index contributed by atoms with van der Waals surface area (Å²) in [4.78, 5) is 24.7. The maximum absolute atomic E-state index is 12.7. The lowest BCUT2D eigenvalue weighted by molar-refractivity contribution is 0.0940. The molecule has 0 fully saturated rings. The van der Waals surface area contributed by atoms with E-state index in [0.29, 0.717) is 35.8 Å². The Hall–Kier alpha value is -3.07. The molecule has 0 bridgehead atoms. The summed E-state index contributed by atoms with van der Waals surface area (Å²) in [5.41, 5.74) is 3.34. The van der Waals surface area contributed by atoms with E-state index < -0.39 is 0 Å². The predicted molar refractivity (Wildman–Crippen MR) is 113 cm³/mol. The van der Waals surface area contributed by atoms with Gasteiger partial charge in [0, 0.05) is 36.8 Å². The summed E-state index contributed by atoms with van der Waals surface area (Å²) in [6.07, 6.45) is 3.89. The normalized spacial score (nSPS) is 10.7. The summed E-state index contributed by atoms with van der Waals surface area (Å²) in [5.74, 6) is 0.195. The number of nitrogens with zero attached hydrogens (tertiary/aromatic N) is 4. The second kappa shape index (κ2) is 9.42. The number of aryl methyl sites for hydroxylation is 1. The standard InChI is InChI=1S/C20H24N6O2S/c1-4-21-19(27)14-7-9-15(10-8-14)26-17(13-29-3)18(23-24-26)20(28)22-12-16-6-5-11-25(16)2/h5-11H,4,12-13H2,1-3H3,(H,21,27)(H,22,28). The van der Waals surface area contributed by atoms with E-state index in [2.05, 4.69) is 20.9 Å². The van der Waals surface area contributed by atoms with Gasteiger partial charge >= 0.3 is 0 Å². The third kappa shape index (κ3) is 4.68. The van der Waals surface area contributed by atoms with E-state index in [9.17, 15) is 9.59 Å². The van der Waals surface area contributed by atoms with E-state index in [4.69, 9.17) is 0 Å². The van der Waals surface area contributed by atoms with Crippen LogP contribution in [0.4, 0.5) is 0 Å². The van der Waals surface area contributed by atoms with Gasteiger partial charge in [-0.3, -0.25) is 9.59 Å². The van der Waals surface area contributed by atoms with Crippen molar-refractivity contribution < 1.29 is 9.59 Å². The van der Waals surface area contributed by atoms with Crippen molar-refractivity contribution in [2.45, 2.75) is 19.2 Å². The monoisotopic (exact) mass is 412 g/mol. The Kier molecular flexibility index (Phi) is 6.71. The molecule has 2 N–H and O–H groups in total. The first kappa shape index (κ1) is 20.7. The lowest BCUT2D eigenvalue weighted by atomic mass is 10.2. The summed E-state index contributed by atoms with van der Waals surface area (Å²) >= 11 is 1.58. The fourth-order valence-corrected chi connectivity index (χ4v) is 3.44. The minimum atomic E-state index is -0.263. The average molecular weight is 413 g/mol. The highest BCUT2D eigenvalue weighted by atomic mass is 32.2. The second-order valence-corrected chi connectivity index (χ2v) is 7.30. The van der Waals surface area contributed by atoms with Gasteiger partial charge in [-0.25, -0.2) is 4.68 Å². The van der Waals surface area contributed by atoms with Gasteiger partial charge in [0.25, 0.3) is 11.8 Å². The van der Waals surface area contributed by atoms with Crippen molar-refractivity contribution in [2.75, 3.05) is 12.8 Å². The van der Waals surface area contributed by atoms with Crippen LogP contribution < -0.4 is 10.6 Å². The first-order valence-electron chi connectivity index (χ1n) is 9.25. The van der Waals surface area contributed by atoms with Crippen molar-refractivity contribution in [3.63, 3.8) is 0 Å². The number of benzene rings is 1. The zero-order chi connectivity index (χ0) is 20.8. The fourth-order valence-electron chi connectivity index (χ4n) is 2.90. The fraction of sp³-hybridized carbons (Fsp3) is 0.300. The summed E-state index contributed by atoms with van der Waals surface area (Å²) in [7, 11) is 1.93. The zero-order valence-electron chi connectivity index (χ0n) is 16.7. The molecule has 0 aliphatic heterocycles. The van der Waals surface area contributed by atoms with Crippen LogP contribution in [0.15, 0.2) is 42.6 Å². The number of aromatic nitrogens is 4. The smallest absolute Gasteiger partial charge is 0.274 e. The van der Waals surface area contributed by atoms with E-state index in [1.807, 2.05) is 43.1 Å². The number of hydrogen-bond acceptors (Lipinski definition) is 5. The molecule has 0 saturated carbocycles. The number of carbonyl (C=O) groups excluding carboxylic acids is 2. The second-order valence-electron chi connectivity index (χ2n) is 6.43. The first-order chi connectivity index (χ1) is 14.0. The Bertz CT molecular complexity index is 993. The SMILES string of the molecule is CCNC(=O)c1ccc(-n2nnc(C(=O)NCc3cccn3C)c2CSC)cc1. The molecule has 0 saturated heterocycles. The molecule has 0 aliphatic carbocycles. The van der Waals surface area contributed by atoms with Crippen LogP contribution in [0.2, 0.25) is 0 Å². The minimum absolute atomic E-state index is 0.122. The van der Waals surface area contributed by atoms with Crippen molar-refractivity contribution in [3.8, 4) is 5.69 Å². The molecule has 0 spiro atoms. The van der Waals surface area contributed by atoms with Crippen molar-refractivity contribution in [2.24, 2.45) is 7.05 Å². The number of amides is 2. The Morgan fingerprint density at radius 3 is 2.48 bits per heavy atom. The third-order valence-corrected chi connectivity index (χ3v) is 5.01. The number of rotatable bonds is 8. The summed E-state index contributed by atoms with van der Waals surface area (Å²) in [6.45, 7) is 2.86. The quantitative estimate of drug-likeness (QED) is 0.591. The van der Waals surface area contributed by atoms with Gasteiger partial charge in [-0.05, 0) is 49.6 Å². The molecule has 0 unspecified atom stereocenters. The lowest BCUT2D eigenvalue weighted by Crippen LogP contribution is -2.25. The van der Waals surface area contributed by atoms with Gasteiger partial charge in [0.2, 0.25) is 0 Å². The van der Waals surface area contributed by atoms with Crippen LogP contribution in [0.5, 0.6) is 0 Å². The maximum atomic E-state index is 12.7. The van der Waals surface area contributed by atoms with E-state index in [1.165, 1.54) is 0 Å². The molecule has 152 valence electrons. The highest BCUT2D eigenvalue weighted by Crippen LogP contribution is 2.18. The van der Waals surface area contributed by atoms with Crippen molar-refractivity contribution in [1.82, 2.24) is 30.2 Å². The Morgan fingerprint density at radius 2 is 1.86 bits per heavy atom. The van der Waals surface area contributed by atoms with Gasteiger partial charge in [-0.1, -0.05) is 5.21 Å². The topological polar surface area (TPSA) is 93.8 Å². The van der Waals surface area contributed by atoms with Gasteiger partial charge < -0.3 is 15.2 Å². The van der Waals surface area contributed by atoms with E-state index in [-0.39, 0.29) is 11.8 Å². The average Bonchev–Trinajstić information content (AvgIpc) is 3.33. The third-order valence-electron chi connectivity index (χ3n) is 4.45. The molecule has 9 heteroatoms. The number of nitrogens with one attached hydrogen (secondary N) is 2. The van der Waals surface area contributed by atoms with Gasteiger partial charge in [-0.2, -0.15) is 11.8 Å². The maximum Gasteiger partial charge on any atom is 0.274 e. The first-order valence-corrected chi connectivity index (χ1v) is 10.6. The summed E-state index contributed by atoms with van der Waals surface area (Å²) in [5, 5.41) is 14.0. The minimum Gasteiger partial charge on any atom is -0.353 e. The van der Waals surface area contributed by atoms with Gasteiger partial charge in [-0.15, -0.1) is 5.10 Å². The van der Waals surface area contributed by atoms with Gasteiger partial charge in [0.15, 0.2) is 5.69 Å². The zero-order valence-corrected chi connectivity index (χ0v) is 17.5. The molecule has 2 aromatic heterocycles. The van der Waals surface area contributed by atoms with Crippen molar-refractivity contribution in [3.05, 3.63) is 65.2 Å². The van der Waals surface area contributed by atoms with E-state index in [0.717, 1.165) is 11.4 Å². The Balaban J connectivity index is 1.81. The van der Waals surface area contributed by atoms with Crippen LogP contribution >= 0.6 is 11.8 Å². The molecule has 0 radical (unpaired) electrons. The summed E-state index contributed by atoms with van der Waals surface area (Å²) < 4.78 is 3.60. The lowest BCUT2D eigenvalue weighted by Gasteiger charge is -2.09. The molecule has 2 amide bonds. The molecule has 1 aromatic carbocycles. The molecule has 0 aliphatic rings. The predicted octanol–water partition coefficient (Wildman–Crippen LogP) is 2.15. The molecule has 0 atom stereocenters. The molecule has 3 aromatic rings. The van der Waals surface area contributed by atoms with Gasteiger partial charge in [0.05, 0.1) is 17.9 Å². The molecular formula is C20H24N6O2S. The van der Waals surface area contributed by atoms with Crippen LogP contribution in [0.25, 0.3) is 5.69 Å². The molecular weight excluding hydrogens is 388 g/mol. The van der Waals surface area contributed by atoms with Crippen LogP contribution in [0, 0.1) is 0 Å². The number of thioether (sulfide) groups is 1. The van der Waals surface area contributed by atoms with Crippen LogP contribution in [0.1, 0.15) is 39.2 Å². The Morgan fingerprint density at radius 1 is 1.10 bits per heavy atom. The van der Waals surface area contributed by atoms with Crippen molar-refractivity contribution in [1.29, 1.82) is 0 Å². The van der Waals surface area contributed by atoms with Crippen molar-refractivity contribution >= 4 is 23.6 Å². The van der Waals surface area contributed by atoms with Gasteiger partial charge in [0.1, 0.15) is 0 Å². The van der Waals surface area contributed by atoms with Crippen LogP contribution in [-0.2, 0) is 19.3 Å². The number of hydrogen-bond donors (Lipinski definition) is 2.